The summed E-state index contributed by atoms with van der Waals surface area (Å²) in [5, 5.41) is 14.1. The second kappa shape index (κ2) is 12.2. The number of piperidine rings is 1. The molecule has 0 bridgehead atoms. The molecule has 5 rings (SSSR count). The number of nitrogens with one attached hydrogen (secondary N) is 2. The molecule has 1 atom stereocenters. The lowest BCUT2D eigenvalue weighted by molar-refractivity contribution is 0.132. The minimum Gasteiger partial charge on any atom is -0.465 e. The van der Waals surface area contributed by atoms with Crippen molar-refractivity contribution in [3.05, 3.63) is 66.0 Å². The van der Waals surface area contributed by atoms with Crippen molar-refractivity contribution < 1.29 is 23.1 Å². The largest absolute Gasteiger partial charge is 0.465 e. The summed E-state index contributed by atoms with van der Waals surface area (Å²) in [6.45, 7) is 6.50. The van der Waals surface area contributed by atoms with Gasteiger partial charge in [-0.05, 0) is 62.4 Å². The number of ether oxygens (including phenoxy) is 1. The summed E-state index contributed by atoms with van der Waals surface area (Å²) < 4.78 is 34.5. The van der Waals surface area contributed by atoms with Gasteiger partial charge < -0.3 is 20.1 Å². The number of amides is 1. The molecule has 0 radical (unpaired) electrons. The number of fused-ring (bicyclic) bond motifs is 1. The number of sulfonamides is 1. The Kier molecular flexibility index (Phi) is 8.44. The van der Waals surface area contributed by atoms with Crippen LogP contribution in [0.15, 0.2) is 54.9 Å². The van der Waals surface area contributed by atoms with E-state index in [-0.39, 0.29) is 11.8 Å². The van der Waals surface area contributed by atoms with Gasteiger partial charge in [-0.25, -0.2) is 28.2 Å². The lowest BCUT2D eigenvalue weighted by atomic mass is 10.0. The maximum Gasteiger partial charge on any atom is 0.407 e. The standard InChI is InChI=1S/C30H34N6O5S/c1-4-17-42(39,40)35-26-19(2)9-12-23-22(26)11-10-20(3)27(23)41-28-24(8-5-14-31-28)25-13-15-32-29(34-25)33-21-7-6-16-36(18-21)30(37)38/h5,8-15,21,35H,4,6-7,16-18H2,1-3H3,(H,37,38)(H,32,33,34)/t21-/m0/s1. The van der Waals surface area contributed by atoms with Crippen molar-refractivity contribution in [2.45, 2.75) is 46.1 Å². The minimum absolute atomic E-state index is 0.0314. The van der Waals surface area contributed by atoms with Gasteiger partial charge in [0.15, 0.2) is 0 Å². The summed E-state index contributed by atoms with van der Waals surface area (Å²) in [7, 11) is -3.50. The van der Waals surface area contributed by atoms with E-state index in [9.17, 15) is 18.3 Å². The molecular formula is C30H34N6O5S. The number of hydrogen-bond acceptors (Lipinski definition) is 8. The highest BCUT2D eigenvalue weighted by Crippen LogP contribution is 2.40. The van der Waals surface area contributed by atoms with Gasteiger partial charge in [-0.3, -0.25) is 4.72 Å². The van der Waals surface area contributed by atoms with E-state index in [4.69, 9.17) is 9.72 Å². The first kappa shape index (κ1) is 29.1. The third kappa shape index (κ3) is 6.38. The molecule has 3 heterocycles. The van der Waals surface area contributed by atoms with Crippen molar-refractivity contribution in [1.82, 2.24) is 19.9 Å². The van der Waals surface area contributed by atoms with Gasteiger partial charge in [0.1, 0.15) is 5.75 Å². The Bertz CT molecular complexity index is 1730. The van der Waals surface area contributed by atoms with Gasteiger partial charge in [-0.15, -0.1) is 0 Å². The third-order valence-electron chi connectivity index (χ3n) is 7.21. The van der Waals surface area contributed by atoms with E-state index < -0.39 is 16.1 Å². The lowest BCUT2D eigenvalue weighted by Gasteiger charge is -2.31. The normalized spacial score (nSPS) is 15.4. The summed E-state index contributed by atoms with van der Waals surface area (Å²) in [5.41, 5.74) is 3.42. The van der Waals surface area contributed by atoms with Crippen LogP contribution in [0.1, 0.15) is 37.3 Å². The Morgan fingerprint density at radius 1 is 1.07 bits per heavy atom. The number of nitrogens with zero attached hydrogens (tertiary/aromatic N) is 4. The summed E-state index contributed by atoms with van der Waals surface area (Å²) >= 11 is 0. The van der Waals surface area contributed by atoms with Gasteiger partial charge >= 0.3 is 6.09 Å². The molecule has 0 aliphatic carbocycles. The Morgan fingerprint density at radius 3 is 2.64 bits per heavy atom. The van der Waals surface area contributed by atoms with E-state index in [0.717, 1.165) is 34.7 Å². The number of rotatable bonds is 9. The number of aromatic nitrogens is 3. The minimum atomic E-state index is -3.50. The number of benzene rings is 2. The maximum absolute atomic E-state index is 12.6. The highest BCUT2D eigenvalue weighted by Gasteiger charge is 2.24. The molecule has 3 N–H and O–H groups in total. The van der Waals surface area contributed by atoms with Gasteiger partial charge in [0.2, 0.25) is 21.9 Å². The zero-order valence-electron chi connectivity index (χ0n) is 23.8. The van der Waals surface area contributed by atoms with Gasteiger partial charge in [0.05, 0.1) is 22.7 Å². The van der Waals surface area contributed by atoms with Crippen LogP contribution in [0.4, 0.5) is 16.4 Å². The van der Waals surface area contributed by atoms with Crippen LogP contribution in [0.3, 0.4) is 0 Å². The van der Waals surface area contributed by atoms with Crippen LogP contribution in [0.25, 0.3) is 22.0 Å². The first-order chi connectivity index (χ1) is 20.1. The number of likely N-dealkylation sites (tertiary alicyclic amines) is 1. The average molecular weight is 591 g/mol. The molecule has 2 aromatic heterocycles. The molecule has 12 heteroatoms. The van der Waals surface area contributed by atoms with E-state index in [0.29, 0.717) is 54.0 Å². The number of hydrogen-bond donors (Lipinski definition) is 3. The van der Waals surface area contributed by atoms with E-state index in [1.807, 2.05) is 51.1 Å². The molecule has 2 aromatic carbocycles. The summed E-state index contributed by atoms with van der Waals surface area (Å²) in [5.74, 6) is 1.32. The number of anilines is 2. The second-order valence-electron chi connectivity index (χ2n) is 10.4. The van der Waals surface area contributed by atoms with Gasteiger partial charge in [0.25, 0.3) is 0 Å². The van der Waals surface area contributed by atoms with Crippen LogP contribution in [0.2, 0.25) is 0 Å². The average Bonchev–Trinajstić information content (AvgIpc) is 2.96. The number of carbonyl (C=O) groups is 1. The fraction of sp³-hybridized carbons (Fsp3) is 0.333. The molecule has 11 nitrogen and oxygen atoms in total. The Hall–Kier alpha value is -4.45. The SMILES string of the molecule is CCCS(=O)(=O)Nc1c(C)ccc2c(Oc3ncccc3-c3ccnc(N[C@H]4CCCN(C(=O)O)C4)n3)c(C)ccc12. The van der Waals surface area contributed by atoms with Crippen LogP contribution < -0.4 is 14.8 Å². The van der Waals surface area contributed by atoms with Crippen molar-refractivity contribution in [3.8, 4) is 22.9 Å². The number of pyridine rings is 1. The highest BCUT2D eigenvalue weighted by atomic mass is 32.2. The van der Waals surface area contributed by atoms with Crippen molar-refractivity contribution >= 4 is 38.5 Å². The predicted octanol–water partition coefficient (Wildman–Crippen LogP) is 5.81. The summed E-state index contributed by atoms with van der Waals surface area (Å²) in [4.78, 5) is 26.4. The van der Waals surface area contributed by atoms with Crippen molar-refractivity contribution in [1.29, 1.82) is 0 Å². The van der Waals surface area contributed by atoms with E-state index in [1.54, 1.807) is 24.5 Å². The quantitative estimate of drug-likeness (QED) is 0.220. The molecule has 220 valence electrons. The second-order valence-corrected chi connectivity index (χ2v) is 12.3. The molecule has 1 saturated heterocycles. The molecule has 0 saturated carbocycles. The Morgan fingerprint density at radius 2 is 1.86 bits per heavy atom. The Labute approximate surface area is 245 Å². The predicted molar refractivity (Wildman–Crippen MR) is 163 cm³/mol. The number of carboxylic acid groups (broad SMARTS) is 1. The van der Waals surface area contributed by atoms with Crippen molar-refractivity contribution in [3.63, 3.8) is 0 Å². The number of aryl methyl sites for hydroxylation is 2. The molecule has 0 unspecified atom stereocenters. The lowest BCUT2D eigenvalue weighted by Crippen LogP contribution is -2.44. The van der Waals surface area contributed by atoms with E-state index >= 15 is 0 Å². The molecule has 0 spiro atoms. The molecule has 4 aromatic rings. The molecule has 1 amide bonds. The van der Waals surface area contributed by atoms with E-state index in [2.05, 4.69) is 20.0 Å². The summed E-state index contributed by atoms with van der Waals surface area (Å²) in [6, 6.07) is 12.9. The first-order valence-corrected chi connectivity index (χ1v) is 15.5. The fourth-order valence-corrected chi connectivity index (χ4v) is 6.36. The maximum atomic E-state index is 12.6. The highest BCUT2D eigenvalue weighted by molar-refractivity contribution is 7.92. The zero-order chi connectivity index (χ0) is 29.9. The fourth-order valence-electron chi connectivity index (χ4n) is 5.14. The molecular weight excluding hydrogens is 556 g/mol. The topological polar surface area (TPSA) is 147 Å². The van der Waals surface area contributed by atoms with Gasteiger partial charge in [-0.2, -0.15) is 0 Å². The molecule has 42 heavy (non-hydrogen) atoms. The van der Waals surface area contributed by atoms with E-state index in [1.165, 1.54) is 4.90 Å². The van der Waals surface area contributed by atoms with Crippen LogP contribution in [0, 0.1) is 13.8 Å². The van der Waals surface area contributed by atoms with Crippen LogP contribution in [-0.4, -0.2) is 64.4 Å². The van der Waals surface area contributed by atoms with Crippen LogP contribution in [-0.2, 0) is 10.0 Å². The third-order valence-corrected chi connectivity index (χ3v) is 8.67. The smallest absolute Gasteiger partial charge is 0.407 e. The van der Waals surface area contributed by atoms with Crippen molar-refractivity contribution in [2.24, 2.45) is 0 Å². The first-order valence-electron chi connectivity index (χ1n) is 13.9. The molecule has 1 aliphatic heterocycles. The monoisotopic (exact) mass is 590 g/mol. The summed E-state index contributed by atoms with van der Waals surface area (Å²) in [6.07, 6.45) is 4.43. The van der Waals surface area contributed by atoms with Gasteiger partial charge in [-0.1, -0.05) is 31.2 Å². The zero-order valence-corrected chi connectivity index (χ0v) is 24.6. The van der Waals surface area contributed by atoms with Crippen LogP contribution in [0.5, 0.6) is 11.6 Å². The molecule has 1 fully saturated rings. The van der Waals surface area contributed by atoms with Crippen molar-refractivity contribution in [2.75, 3.05) is 28.9 Å². The molecule has 1 aliphatic rings. The van der Waals surface area contributed by atoms with Crippen LogP contribution >= 0.6 is 0 Å². The van der Waals surface area contributed by atoms with Gasteiger partial charge in [0, 0.05) is 42.3 Å². The Balaban J connectivity index is 1.47.